The first-order valence-corrected chi connectivity index (χ1v) is 11.7. The zero-order chi connectivity index (χ0) is 24.1. The van der Waals surface area contributed by atoms with Crippen molar-refractivity contribution in [2.75, 3.05) is 0 Å². The van der Waals surface area contributed by atoms with Crippen molar-refractivity contribution in [3.05, 3.63) is 105 Å². The van der Waals surface area contributed by atoms with E-state index in [1.54, 1.807) is 42.9 Å². The van der Waals surface area contributed by atoms with Gasteiger partial charge >= 0.3 is 0 Å². The Hall–Kier alpha value is -3.67. The molecule has 2 heterocycles. The molecule has 34 heavy (non-hydrogen) atoms. The van der Waals surface area contributed by atoms with Crippen molar-refractivity contribution in [1.29, 1.82) is 5.26 Å². The van der Waals surface area contributed by atoms with Crippen LogP contribution in [0.2, 0.25) is 5.02 Å². The third kappa shape index (κ3) is 5.63. The lowest BCUT2D eigenvalue weighted by atomic mass is 10.1. The molecule has 0 amide bonds. The summed E-state index contributed by atoms with van der Waals surface area (Å²) in [6.07, 6.45) is 7.03. The van der Waals surface area contributed by atoms with Gasteiger partial charge in [-0.25, -0.2) is 9.97 Å². The Balaban J connectivity index is 1.47. The van der Waals surface area contributed by atoms with Crippen LogP contribution in [0.15, 0.2) is 71.3 Å². The molecule has 0 unspecified atom stereocenters. The predicted octanol–water partition coefficient (Wildman–Crippen LogP) is 5.08. The summed E-state index contributed by atoms with van der Waals surface area (Å²) in [6.45, 7) is 1.89. The van der Waals surface area contributed by atoms with E-state index in [-0.39, 0.29) is 5.56 Å². The quantitative estimate of drug-likeness (QED) is 0.264. The molecule has 0 saturated heterocycles. The highest BCUT2D eigenvalue weighted by Gasteiger charge is 2.11. The van der Waals surface area contributed by atoms with Gasteiger partial charge in [0.25, 0.3) is 5.56 Å². The van der Waals surface area contributed by atoms with Crippen molar-refractivity contribution < 1.29 is 4.74 Å². The third-order valence-corrected chi connectivity index (χ3v) is 6.56. The van der Waals surface area contributed by atoms with Crippen molar-refractivity contribution in [2.45, 2.75) is 24.3 Å². The first-order chi connectivity index (χ1) is 16.4. The Morgan fingerprint density at radius 3 is 2.68 bits per heavy atom. The molecule has 0 aliphatic rings. The molecular weight excluding hydrogens is 470 g/mol. The molecule has 0 aliphatic heterocycles. The van der Waals surface area contributed by atoms with Crippen LogP contribution in [-0.2, 0) is 19.2 Å². The lowest BCUT2D eigenvalue weighted by molar-refractivity contribution is 0.480. The number of hydrogen-bond donors (Lipinski definition) is 0. The smallest absolute Gasteiger partial charge is 0.277 e. The van der Waals surface area contributed by atoms with Gasteiger partial charge < -0.3 is 9.30 Å². The highest BCUT2D eigenvalue weighted by Crippen LogP contribution is 2.30. The van der Waals surface area contributed by atoms with Crippen molar-refractivity contribution in [1.82, 2.24) is 19.5 Å². The van der Waals surface area contributed by atoms with Crippen molar-refractivity contribution >= 4 is 23.4 Å². The van der Waals surface area contributed by atoms with Gasteiger partial charge in [-0.3, -0.25) is 4.79 Å². The van der Waals surface area contributed by atoms with Crippen LogP contribution in [0.3, 0.4) is 0 Å². The zero-order valence-electron chi connectivity index (χ0n) is 18.5. The fourth-order valence-corrected chi connectivity index (χ4v) is 4.27. The van der Waals surface area contributed by atoms with Crippen LogP contribution in [0.1, 0.15) is 27.8 Å². The Labute approximate surface area is 206 Å². The lowest BCUT2D eigenvalue weighted by Crippen LogP contribution is -2.18. The van der Waals surface area contributed by atoms with Gasteiger partial charge in [0.15, 0.2) is 5.16 Å². The average molecular weight is 490 g/mol. The van der Waals surface area contributed by atoms with Gasteiger partial charge in [0.05, 0.1) is 5.56 Å². The topological polar surface area (TPSA) is 93.7 Å². The Kier molecular flexibility index (Phi) is 7.26. The van der Waals surface area contributed by atoms with Gasteiger partial charge in [-0.15, -0.1) is 0 Å². The maximum absolute atomic E-state index is 12.5. The summed E-state index contributed by atoms with van der Waals surface area (Å²) in [5.74, 6) is 1.63. The second-order valence-electron chi connectivity index (χ2n) is 7.63. The van der Waals surface area contributed by atoms with Crippen LogP contribution in [0, 0.1) is 18.3 Å². The number of thioether (sulfide) groups is 1. The van der Waals surface area contributed by atoms with Crippen LogP contribution >= 0.6 is 23.4 Å². The van der Waals surface area contributed by atoms with E-state index in [0.29, 0.717) is 45.0 Å². The molecule has 9 heteroatoms. The highest BCUT2D eigenvalue weighted by atomic mass is 35.5. The molecule has 0 spiro atoms. The van der Waals surface area contributed by atoms with E-state index in [9.17, 15) is 10.1 Å². The molecule has 0 atom stereocenters. The fourth-order valence-electron chi connectivity index (χ4n) is 3.28. The molecule has 2 aromatic heterocycles. The zero-order valence-corrected chi connectivity index (χ0v) is 20.1. The van der Waals surface area contributed by atoms with Crippen LogP contribution in [-0.4, -0.2) is 19.5 Å². The van der Waals surface area contributed by atoms with E-state index in [1.165, 1.54) is 18.1 Å². The minimum Gasteiger partial charge on any atom is -0.456 e. The second kappa shape index (κ2) is 10.5. The summed E-state index contributed by atoms with van der Waals surface area (Å²) in [4.78, 5) is 24.7. The van der Waals surface area contributed by atoms with Crippen LogP contribution < -0.4 is 10.3 Å². The summed E-state index contributed by atoms with van der Waals surface area (Å²) in [6, 6.07) is 13.0. The minimum absolute atomic E-state index is 0.274. The molecule has 0 N–H and O–H groups in total. The summed E-state index contributed by atoms with van der Waals surface area (Å²) in [5.41, 5.74) is 3.39. The van der Waals surface area contributed by atoms with Gasteiger partial charge in [-0.05, 0) is 53.9 Å². The molecule has 4 rings (SSSR count). The number of nitrogens with zero attached hydrogens (tertiary/aromatic N) is 5. The van der Waals surface area contributed by atoms with E-state index >= 15 is 0 Å². The second-order valence-corrected chi connectivity index (χ2v) is 8.98. The van der Waals surface area contributed by atoms with E-state index in [1.807, 2.05) is 30.7 Å². The lowest BCUT2D eigenvalue weighted by Gasteiger charge is -2.11. The number of benzene rings is 2. The standard InChI is InChI=1S/C25H20ClN5O2S/c1-16-7-21(4-5-22(16)26)33-23-6-3-17(8-19(23)10-27)14-34-25-30-24(32)20(13-31(25)2)9-18-11-28-15-29-12-18/h3-8,11-13,15H,9,14H2,1-2H3. The summed E-state index contributed by atoms with van der Waals surface area (Å²) in [7, 11) is 1.85. The number of aryl methyl sites for hydroxylation is 2. The van der Waals surface area contributed by atoms with Crippen molar-refractivity contribution in [2.24, 2.45) is 7.05 Å². The molecule has 0 aliphatic carbocycles. The van der Waals surface area contributed by atoms with E-state index in [2.05, 4.69) is 21.0 Å². The summed E-state index contributed by atoms with van der Waals surface area (Å²) in [5, 5.41) is 10.9. The molecule has 4 aromatic rings. The van der Waals surface area contributed by atoms with Crippen molar-refractivity contribution in [3.63, 3.8) is 0 Å². The maximum atomic E-state index is 12.5. The first-order valence-electron chi connectivity index (χ1n) is 10.3. The average Bonchev–Trinajstić information content (AvgIpc) is 2.84. The van der Waals surface area contributed by atoms with Crippen LogP contribution in [0.25, 0.3) is 0 Å². The molecule has 0 radical (unpaired) electrons. The number of halogens is 1. The SMILES string of the molecule is Cc1cc(Oc2ccc(CSc3nc(=O)c(Cc4cncnc4)cn3C)cc2C#N)ccc1Cl. The first kappa shape index (κ1) is 23.5. The van der Waals surface area contributed by atoms with Gasteiger partial charge in [-0.1, -0.05) is 29.4 Å². The van der Waals surface area contributed by atoms with Crippen molar-refractivity contribution in [3.8, 4) is 17.6 Å². The minimum atomic E-state index is -0.274. The molecule has 2 aromatic carbocycles. The maximum Gasteiger partial charge on any atom is 0.277 e. The molecule has 170 valence electrons. The van der Waals surface area contributed by atoms with Gasteiger partial charge in [0.1, 0.15) is 23.9 Å². The number of nitriles is 1. The van der Waals surface area contributed by atoms with E-state index in [0.717, 1.165) is 16.7 Å². The number of hydrogen-bond acceptors (Lipinski definition) is 7. The van der Waals surface area contributed by atoms with Crippen LogP contribution in [0.4, 0.5) is 0 Å². The van der Waals surface area contributed by atoms with Gasteiger partial charge in [-0.2, -0.15) is 10.2 Å². The highest BCUT2D eigenvalue weighted by molar-refractivity contribution is 7.98. The normalized spacial score (nSPS) is 10.6. The van der Waals surface area contributed by atoms with Gasteiger partial charge in [0, 0.05) is 48.4 Å². The molecule has 0 saturated carbocycles. The Bertz CT molecular complexity index is 1430. The third-order valence-electron chi connectivity index (χ3n) is 5.02. The summed E-state index contributed by atoms with van der Waals surface area (Å²) < 4.78 is 7.73. The number of aromatic nitrogens is 4. The number of ether oxygens (including phenoxy) is 1. The van der Waals surface area contributed by atoms with Gasteiger partial charge in [0.2, 0.25) is 0 Å². The molecular formula is C25H20ClN5O2S. The van der Waals surface area contributed by atoms with Crippen LogP contribution in [0.5, 0.6) is 11.5 Å². The monoisotopic (exact) mass is 489 g/mol. The fraction of sp³-hybridized carbons (Fsp3) is 0.160. The largest absolute Gasteiger partial charge is 0.456 e. The van der Waals surface area contributed by atoms with E-state index in [4.69, 9.17) is 16.3 Å². The Morgan fingerprint density at radius 2 is 1.94 bits per heavy atom. The Morgan fingerprint density at radius 1 is 1.15 bits per heavy atom. The predicted molar refractivity (Wildman–Crippen MR) is 131 cm³/mol. The molecule has 0 fully saturated rings. The summed E-state index contributed by atoms with van der Waals surface area (Å²) >= 11 is 7.50. The molecule has 7 nitrogen and oxygen atoms in total. The van der Waals surface area contributed by atoms with E-state index < -0.39 is 0 Å². The number of rotatable bonds is 7. The molecule has 0 bridgehead atoms.